The number of rotatable bonds is 3. The molecule has 0 fully saturated rings. The van der Waals surface area contributed by atoms with Gasteiger partial charge < -0.3 is 9.15 Å². The number of aromatic amines is 1. The second-order valence-electron chi connectivity index (χ2n) is 5.81. The van der Waals surface area contributed by atoms with E-state index in [1.165, 1.54) is 12.1 Å². The Morgan fingerprint density at radius 3 is 2.67 bits per heavy atom. The molecule has 0 saturated carbocycles. The van der Waals surface area contributed by atoms with Crippen molar-refractivity contribution < 1.29 is 14.1 Å². The van der Waals surface area contributed by atoms with Crippen molar-refractivity contribution in [3.05, 3.63) is 62.3 Å². The summed E-state index contributed by atoms with van der Waals surface area (Å²) in [6.07, 6.45) is 0. The van der Waals surface area contributed by atoms with Gasteiger partial charge in [-0.15, -0.1) is 5.10 Å². The number of benzene rings is 1. The van der Waals surface area contributed by atoms with Crippen LogP contribution >= 0.6 is 15.9 Å². The summed E-state index contributed by atoms with van der Waals surface area (Å²) < 4.78 is 11.6. The number of hydrogen-bond acceptors (Lipinski definition) is 7. The maximum atomic E-state index is 11.0. The number of fused-ring (bicyclic) bond motifs is 1. The maximum absolute atomic E-state index is 11.0. The number of H-pyrrole nitrogens is 1. The SMILES string of the molecule is N#CC1C(=N)Oc2n[nH]c(-c3ccc(Br)cc3)c2C1c1ccc([N+](=O)[O-])o1. The molecule has 27 heavy (non-hydrogen) atoms. The van der Waals surface area contributed by atoms with Gasteiger partial charge in [0.2, 0.25) is 11.8 Å². The third-order valence-corrected chi connectivity index (χ3v) is 4.80. The van der Waals surface area contributed by atoms with Gasteiger partial charge in [-0.1, -0.05) is 28.1 Å². The van der Waals surface area contributed by atoms with E-state index in [0.717, 1.165) is 10.0 Å². The number of furan rings is 1. The lowest BCUT2D eigenvalue weighted by molar-refractivity contribution is -0.402. The van der Waals surface area contributed by atoms with Crippen molar-refractivity contribution in [3.8, 4) is 23.2 Å². The van der Waals surface area contributed by atoms with Crippen LogP contribution in [-0.2, 0) is 0 Å². The van der Waals surface area contributed by atoms with Crippen molar-refractivity contribution in [3.63, 3.8) is 0 Å². The molecule has 0 aliphatic carbocycles. The van der Waals surface area contributed by atoms with Crippen LogP contribution < -0.4 is 4.74 Å². The van der Waals surface area contributed by atoms with E-state index >= 15 is 0 Å². The Labute approximate surface area is 160 Å². The minimum absolute atomic E-state index is 0.147. The number of nitrogens with one attached hydrogen (secondary N) is 2. The Balaban J connectivity index is 1.91. The molecular formula is C17H10BrN5O4. The monoisotopic (exact) mass is 427 g/mol. The fraction of sp³-hybridized carbons (Fsp3) is 0.118. The molecule has 1 aromatic carbocycles. The highest BCUT2D eigenvalue weighted by Crippen LogP contribution is 2.46. The van der Waals surface area contributed by atoms with Gasteiger partial charge in [0.1, 0.15) is 16.6 Å². The van der Waals surface area contributed by atoms with Gasteiger partial charge in [0.05, 0.1) is 29.3 Å². The van der Waals surface area contributed by atoms with Gasteiger partial charge in [0, 0.05) is 10.0 Å². The predicted molar refractivity (Wildman–Crippen MR) is 96.4 cm³/mol. The molecule has 0 spiro atoms. The Morgan fingerprint density at radius 2 is 2.04 bits per heavy atom. The van der Waals surface area contributed by atoms with Crippen molar-refractivity contribution in [1.29, 1.82) is 10.7 Å². The highest BCUT2D eigenvalue weighted by Gasteiger charge is 2.43. The highest BCUT2D eigenvalue weighted by molar-refractivity contribution is 9.10. The van der Waals surface area contributed by atoms with Crippen molar-refractivity contribution in [2.45, 2.75) is 5.92 Å². The lowest BCUT2D eigenvalue weighted by atomic mass is 9.82. The number of hydrogen-bond donors (Lipinski definition) is 2. The molecule has 2 unspecified atom stereocenters. The number of halogens is 1. The molecule has 0 bridgehead atoms. The fourth-order valence-electron chi connectivity index (χ4n) is 3.07. The van der Waals surface area contributed by atoms with Crippen LogP contribution in [0.15, 0.2) is 45.3 Å². The molecule has 134 valence electrons. The van der Waals surface area contributed by atoms with Crippen LogP contribution in [0.3, 0.4) is 0 Å². The predicted octanol–water partition coefficient (Wildman–Crippen LogP) is 3.98. The van der Waals surface area contributed by atoms with Crippen molar-refractivity contribution in [2.24, 2.45) is 5.92 Å². The van der Waals surface area contributed by atoms with Crippen LogP contribution in [0.1, 0.15) is 17.2 Å². The molecule has 3 heterocycles. The number of aromatic nitrogens is 2. The maximum Gasteiger partial charge on any atom is 0.433 e. The van der Waals surface area contributed by atoms with Crippen LogP contribution in [0.25, 0.3) is 11.3 Å². The normalized spacial score (nSPS) is 18.4. The van der Waals surface area contributed by atoms with E-state index < -0.39 is 22.6 Å². The summed E-state index contributed by atoms with van der Waals surface area (Å²) in [5.41, 5.74) is 1.89. The zero-order valence-electron chi connectivity index (χ0n) is 13.5. The first-order valence-electron chi connectivity index (χ1n) is 7.74. The summed E-state index contributed by atoms with van der Waals surface area (Å²) in [6.45, 7) is 0. The average molecular weight is 428 g/mol. The van der Waals surface area contributed by atoms with Gasteiger partial charge in [-0.25, -0.2) is 0 Å². The van der Waals surface area contributed by atoms with Crippen LogP contribution in [0.5, 0.6) is 5.88 Å². The molecule has 10 heteroatoms. The minimum Gasteiger partial charge on any atom is -0.422 e. The van der Waals surface area contributed by atoms with E-state index in [0.29, 0.717) is 11.3 Å². The van der Waals surface area contributed by atoms with E-state index in [2.05, 4.69) is 26.1 Å². The number of ether oxygens (including phenoxy) is 1. The van der Waals surface area contributed by atoms with Crippen molar-refractivity contribution in [1.82, 2.24) is 10.2 Å². The van der Waals surface area contributed by atoms with E-state index in [1.807, 2.05) is 30.3 Å². The molecule has 3 aromatic rings. The molecule has 0 amide bonds. The molecule has 0 radical (unpaired) electrons. The molecule has 0 saturated heterocycles. The summed E-state index contributed by atoms with van der Waals surface area (Å²) in [5.74, 6) is -2.15. The first-order chi connectivity index (χ1) is 13.0. The van der Waals surface area contributed by atoms with Crippen molar-refractivity contribution in [2.75, 3.05) is 0 Å². The molecule has 9 nitrogen and oxygen atoms in total. The van der Waals surface area contributed by atoms with Gasteiger partial charge in [0.25, 0.3) is 0 Å². The van der Waals surface area contributed by atoms with E-state index in [1.54, 1.807) is 0 Å². The van der Waals surface area contributed by atoms with Crippen LogP contribution in [0, 0.1) is 32.8 Å². The molecule has 2 aromatic heterocycles. The fourth-order valence-corrected chi connectivity index (χ4v) is 3.33. The zero-order valence-corrected chi connectivity index (χ0v) is 15.1. The van der Waals surface area contributed by atoms with Crippen LogP contribution in [0.2, 0.25) is 0 Å². The average Bonchev–Trinajstić information content (AvgIpc) is 3.28. The van der Waals surface area contributed by atoms with Crippen molar-refractivity contribution >= 4 is 27.7 Å². The molecule has 1 aliphatic rings. The second-order valence-corrected chi connectivity index (χ2v) is 6.72. The molecule has 2 N–H and O–H groups in total. The van der Waals surface area contributed by atoms with E-state index in [4.69, 9.17) is 14.6 Å². The first-order valence-corrected chi connectivity index (χ1v) is 8.53. The third-order valence-electron chi connectivity index (χ3n) is 4.27. The Kier molecular flexibility index (Phi) is 4.01. The zero-order chi connectivity index (χ0) is 19.1. The third kappa shape index (κ3) is 2.78. The van der Waals surface area contributed by atoms with E-state index in [9.17, 15) is 15.4 Å². The van der Waals surface area contributed by atoms with Gasteiger partial charge in [-0.3, -0.25) is 20.6 Å². The molecule has 4 rings (SSSR count). The summed E-state index contributed by atoms with van der Waals surface area (Å²) in [6, 6.07) is 12.1. The Hall–Kier alpha value is -3.45. The minimum atomic E-state index is -1.00. The molecule has 2 atom stereocenters. The van der Waals surface area contributed by atoms with Gasteiger partial charge in [0.15, 0.2) is 0 Å². The largest absolute Gasteiger partial charge is 0.433 e. The van der Waals surface area contributed by atoms with Gasteiger partial charge in [-0.2, -0.15) is 5.26 Å². The standard InChI is InChI=1S/C17H10BrN5O4/c18-9-3-1-8(2-4-9)15-14-13(11-5-6-12(26-11)23(24)25)10(7-19)16(20)27-17(14)22-21-15/h1-6,10,13,20H,(H,21,22). The topological polar surface area (TPSA) is 142 Å². The summed E-state index contributed by atoms with van der Waals surface area (Å²) >= 11 is 3.38. The summed E-state index contributed by atoms with van der Waals surface area (Å²) in [7, 11) is 0. The highest BCUT2D eigenvalue weighted by atomic mass is 79.9. The van der Waals surface area contributed by atoms with E-state index in [-0.39, 0.29) is 17.5 Å². The number of nitriles is 1. The lowest BCUT2D eigenvalue weighted by Crippen LogP contribution is -2.30. The smallest absolute Gasteiger partial charge is 0.422 e. The molecular weight excluding hydrogens is 418 g/mol. The summed E-state index contributed by atoms with van der Waals surface area (Å²) in [4.78, 5) is 10.3. The first kappa shape index (κ1) is 17.0. The number of nitro groups is 1. The Morgan fingerprint density at radius 1 is 1.30 bits per heavy atom. The van der Waals surface area contributed by atoms with Crippen LogP contribution in [-0.4, -0.2) is 21.0 Å². The van der Waals surface area contributed by atoms with Gasteiger partial charge >= 0.3 is 5.88 Å². The quantitative estimate of drug-likeness (QED) is 0.477. The summed E-state index contributed by atoms with van der Waals surface area (Å²) in [5, 5.41) is 35.6. The second kappa shape index (κ2) is 6.37. The lowest BCUT2D eigenvalue weighted by Gasteiger charge is -2.26. The Bertz CT molecular complexity index is 1100. The van der Waals surface area contributed by atoms with Crippen LogP contribution in [0.4, 0.5) is 5.88 Å². The molecule has 1 aliphatic heterocycles. The number of nitrogens with zero attached hydrogens (tertiary/aromatic N) is 3. The van der Waals surface area contributed by atoms with Gasteiger partial charge in [-0.05, 0) is 18.2 Å².